The molecule has 0 aliphatic heterocycles. The second-order valence-electron chi connectivity index (χ2n) is 2.86. The summed E-state index contributed by atoms with van der Waals surface area (Å²) in [5.41, 5.74) is -1.04. The van der Waals surface area contributed by atoms with Crippen LogP contribution >= 0.6 is 11.6 Å². The molecule has 68 valence electrons. The number of rotatable bonds is 4. The van der Waals surface area contributed by atoms with E-state index in [9.17, 15) is 8.42 Å². The van der Waals surface area contributed by atoms with Crippen molar-refractivity contribution in [3.05, 3.63) is 0 Å². The number of aliphatic hydroxyl groups is 1. The Labute approximate surface area is 71.6 Å². The van der Waals surface area contributed by atoms with Crippen LogP contribution in [0.25, 0.3) is 0 Å². The Morgan fingerprint density at radius 3 is 2.27 bits per heavy atom. The highest BCUT2D eigenvalue weighted by Gasteiger charge is 2.16. The van der Waals surface area contributed by atoms with Crippen molar-refractivity contribution in [2.75, 3.05) is 11.8 Å². The Bertz CT molecular complexity index is 206. The van der Waals surface area contributed by atoms with Crippen LogP contribution < -0.4 is 4.72 Å². The van der Waals surface area contributed by atoms with Gasteiger partial charge < -0.3 is 5.11 Å². The average molecular weight is 202 g/mol. The molecule has 0 aliphatic carbocycles. The number of hydrogen-bond acceptors (Lipinski definition) is 3. The molecule has 0 saturated heterocycles. The zero-order valence-electron chi connectivity index (χ0n) is 6.46. The minimum atomic E-state index is -3.40. The fourth-order valence-electron chi connectivity index (χ4n) is 0.325. The monoisotopic (exact) mass is 201 g/mol. The molecule has 0 saturated carbocycles. The van der Waals surface area contributed by atoms with Gasteiger partial charge in [0.1, 0.15) is 5.21 Å². The van der Waals surface area contributed by atoms with E-state index < -0.39 is 20.8 Å². The Kier molecular flexibility index (Phi) is 3.76. The van der Waals surface area contributed by atoms with Crippen LogP contribution in [0.2, 0.25) is 0 Å². The molecule has 0 bridgehead atoms. The highest BCUT2D eigenvalue weighted by molar-refractivity contribution is 7.90. The third-order valence-corrected chi connectivity index (χ3v) is 2.60. The summed E-state index contributed by atoms with van der Waals surface area (Å²) in [4.78, 5) is 0. The summed E-state index contributed by atoms with van der Waals surface area (Å²) in [6, 6.07) is 0. The lowest BCUT2D eigenvalue weighted by molar-refractivity contribution is 0.0857. The molecule has 0 radical (unpaired) electrons. The molecule has 0 amide bonds. The Morgan fingerprint density at radius 2 is 2.00 bits per heavy atom. The second kappa shape index (κ2) is 3.71. The summed E-state index contributed by atoms with van der Waals surface area (Å²) >= 11 is 5.09. The summed E-state index contributed by atoms with van der Waals surface area (Å²) in [6.07, 6.45) is 0. The van der Waals surface area contributed by atoms with Crippen molar-refractivity contribution in [2.24, 2.45) is 0 Å². The third-order valence-electron chi connectivity index (χ3n) is 0.868. The van der Waals surface area contributed by atoms with E-state index in [1.165, 1.54) is 13.8 Å². The highest BCUT2D eigenvalue weighted by Crippen LogP contribution is 1.99. The topological polar surface area (TPSA) is 66.4 Å². The van der Waals surface area contributed by atoms with Crippen LogP contribution in [0.1, 0.15) is 13.8 Å². The average Bonchev–Trinajstić information content (AvgIpc) is 1.83. The van der Waals surface area contributed by atoms with E-state index >= 15 is 0 Å². The number of nitrogens with one attached hydrogen (secondary N) is 1. The van der Waals surface area contributed by atoms with Gasteiger partial charge in [0.25, 0.3) is 0 Å². The zero-order valence-corrected chi connectivity index (χ0v) is 8.04. The van der Waals surface area contributed by atoms with Crippen LogP contribution in [0.5, 0.6) is 0 Å². The molecule has 0 spiro atoms. The largest absolute Gasteiger partial charge is 0.389 e. The van der Waals surface area contributed by atoms with Crippen molar-refractivity contribution in [2.45, 2.75) is 19.4 Å². The maximum atomic E-state index is 10.7. The normalized spacial score (nSPS) is 13.5. The van der Waals surface area contributed by atoms with E-state index in [0.717, 1.165) is 0 Å². The minimum Gasteiger partial charge on any atom is -0.389 e. The van der Waals surface area contributed by atoms with E-state index in [1.54, 1.807) is 0 Å². The molecule has 0 aliphatic rings. The van der Waals surface area contributed by atoms with Crippen LogP contribution in [0.15, 0.2) is 0 Å². The summed E-state index contributed by atoms with van der Waals surface area (Å²) < 4.78 is 23.5. The molecule has 0 unspecified atom stereocenters. The standard InChI is InChI=1S/C5H12ClNO3S/c1-5(2,8)3-7-11(9,10)4-6/h7-8H,3-4H2,1-2H3. The molecule has 0 fully saturated rings. The first-order valence-corrected chi connectivity index (χ1v) is 5.21. The van der Waals surface area contributed by atoms with Gasteiger partial charge in [0.15, 0.2) is 0 Å². The predicted molar refractivity (Wildman–Crippen MR) is 43.9 cm³/mol. The molecular formula is C5H12ClNO3S. The van der Waals surface area contributed by atoms with Gasteiger partial charge >= 0.3 is 0 Å². The molecule has 0 aromatic heterocycles. The van der Waals surface area contributed by atoms with Crippen LogP contribution in [-0.4, -0.2) is 30.9 Å². The number of hydrogen-bond donors (Lipinski definition) is 2. The van der Waals surface area contributed by atoms with Crippen LogP contribution in [0, 0.1) is 0 Å². The molecule has 0 atom stereocenters. The van der Waals surface area contributed by atoms with Crippen molar-refractivity contribution >= 4 is 21.6 Å². The molecule has 0 aromatic rings. The summed E-state index contributed by atoms with van der Waals surface area (Å²) in [6.45, 7) is 2.98. The Hall–Kier alpha value is 0.160. The zero-order chi connectivity index (χ0) is 9.12. The lowest BCUT2D eigenvalue weighted by Crippen LogP contribution is -2.38. The maximum absolute atomic E-state index is 10.7. The van der Waals surface area contributed by atoms with Gasteiger partial charge in [-0.15, -0.1) is 11.6 Å². The van der Waals surface area contributed by atoms with Crippen LogP contribution in [0.4, 0.5) is 0 Å². The molecule has 0 aromatic carbocycles. The van der Waals surface area contributed by atoms with Crippen molar-refractivity contribution in [3.63, 3.8) is 0 Å². The molecule has 4 nitrogen and oxygen atoms in total. The molecule has 0 heterocycles. The van der Waals surface area contributed by atoms with Gasteiger partial charge in [-0.1, -0.05) is 0 Å². The number of alkyl halides is 1. The minimum absolute atomic E-state index is 0.0257. The lowest BCUT2D eigenvalue weighted by atomic mass is 10.1. The van der Waals surface area contributed by atoms with E-state index in [4.69, 9.17) is 16.7 Å². The first-order chi connectivity index (χ1) is 4.77. The first-order valence-electron chi connectivity index (χ1n) is 3.02. The molecule has 2 N–H and O–H groups in total. The number of sulfonamides is 1. The van der Waals surface area contributed by atoms with E-state index in [2.05, 4.69) is 4.72 Å². The molecule has 0 rings (SSSR count). The van der Waals surface area contributed by atoms with Gasteiger partial charge in [-0.05, 0) is 13.8 Å². The van der Waals surface area contributed by atoms with Crippen molar-refractivity contribution in [1.82, 2.24) is 4.72 Å². The quantitative estimate of drug-likeness (QED) is 0.623. The van der Waals surface area contributed by atoms with E-state index in [1.807, 2.05) is 0 Å². The number of halogens is 1. The van der Waals surface area contributed by atoms with Crippen molar-refractivity contribution in [3.8, 4) is 0 Å². The molecule has 11 heavy (non-hydrogen) atoms. The van der Waals surface area contributed by atoms with Gasteiger partial charge in [0.2, 0.25) is 10.0 Å². The Balaban J connectivity index is 3.91. The van der Waals surface area contributed by atoms with Gasteiger partial charge in [0, 0.05) is 6.54 Å². The van der Waals surface area contributed by atoms with Gasteiger partial charge in [-0.3, -0.25) is 0 Å². The summed E-state index contributed by atoms with van der Waals surface area (Å²) in [7, 11) is -3.40. The van der Waals surface area contributed by atoms with Gasteiger partial charge in [-0.2, -0.15) is 0 Å². The summed E-state index contributed by atoms with van der Waals surface area (Å²) in [5, 5.41) is 8.62. The molecule has 6 heteroatoms. The lowest BCUT2D eigenvalue weighted by Gasteiger charge is -2.16. The third kappa shape index (κ3) is 6.55. The SMILES string of the molecule is CC(C)(O)CNS(=O)(=O)CCl. The fraction of sp³-hybridized carbons (Fsp3) is 1.00. The first kappa shape index (κ1) is 11.2. The highest BCUT2D eigenvalue weighted by atomic mass is 35.5. The molecular weight excluding hydrogens is 190 g/mol. The van der Waals surface area contributed by atoms with Crippen LogP contribution in [0.3, 0.4) is 0 Å². The smallest absolute Gasteiger partial charge is 0.225 e. The van der Waals surface area contributed by atoms with Crippen molar-refractivity contribution in [1.29, 1.82) is 0 Å². The maximum Gasteiger partial charge on any atom is 0.225 e. The van der Waals surface area contributed by atoms with Gasteiger partial charge in [0.05, 0.1) is 5.60 Å². The fourth-order valence-corrected chi connectivity index (χ4v) is 1.21. The van der Waals surface area contributed by atoms with Crippen LogP contribution in [-0.2, 0) is 10.0 Å². The van der Waals surface area contributed by atoms with E-state index in [-0.39, 0.29) is 6.54 Å². The predicted octanol–water partition coefficient (Wildman–Crippen LogP) is -0.127. The van der Waals surface area contributed by atoms with Gasteiger partial charge in [-0.25, -0.2) is 13.1 Å². The summed E-state index contributed by atoms with van der Waals surface area (Å²) in [5.74, 6) is 0. The van der Waals surface area contributed by atoms with E-state index in [0.29, 0.717) is 0 Å². The second-order valence-corrected chi connectivity index (χ2v) is 5.25. The Morgan fingerprint density at radius 1 is 1.55 bits per heavy atom. The van der Waals surface area contributed by atoms with Crippen molar-refractivity contribution < 1.29 is 13.5 Å².